The molecule has 2 nitrogen and oxygen atoms in total. The molecule has 0 aliphatic carbocycles. The fourth-order valence-electron chi connectivity index (χ4n) is 2.02. The van der Waals surface area contributed by atoms with Gasteiger partial charge in [-0.1, -0.05) is 6.07 Å². The molecule has 1 aromatic carbocycles. The summed E-state index contributed by atoms with van der Waals surface area (Å²) in [5.41, 5.74) is 3.81. The molecule has 0 saturated heterocycles. The molecule has 3 heteroatoms. The maximum Gasteiger partial charge on any atom is 0.123 e. The summed E-state index contributed by atoms with van der Waals surface area (Å²) < 4.78 is 5.46. The molecule has 0 aromatic heterocycles. The minimum absolute atomic E-state index is 0.717. The molecule has 0 bridgehead atoms. The average molecular weight is 256 g/mol. The molecule has 17 heavy (non-hydrogen) atoms. The molecule has 0 aliphatic rings. The molecular weight excluding hydrogens is 234 g/mol. The second-order valence-electron chi connectivity index (χ2n) is 4.54. The average Bonchev–Trinajstić information content (AvgIpc) is 2.29. The number of hydrogen-bond donors (Lipinski definition) is 0. The van der Waals surface area contributed by atoms with Crippen molar-refractivity contribution in [2.24, 2.45) is 0 Å². The monoisotopic (exact) mass is 255 g/mol. The minimum atomic E-state index is 0.717. The number of methoxy groups -OCH3 is 1. The summed E-state index contributed by atoms with van der Waals surface area (Å²) in [7, 11) is 3.85. The van der Waals surface area contributed by atoms with Crippen molar-refractivity contribution in [1.82, 2.24) is 4.90 Å². The molecule has 0 amide bonds. The first-order chi connectivity index (χ1) is 8.08. The van der Waals surface area contributed by atoms with E-state index >= 15 is 0 Å². The second-order valence-corrected chi connectivity index (χ2v) is 4.92. The largest absolute Gasteiger partial charge is 0.496 e. The van der Waals surface area contributed by atoms with Crippen molar-refractivity contribution >= 4 is 11.6 Å². The Morgan fingerprint density at radius 3 is 2.59 bits per heavy atom. The van der Waals surface area contributed by atoms with Crippen LogP contribution < -0.4 is 4.74 Å². The zero-order valence-corrected chi connectivity index (χ0v) is 12.0. The smallest absolute Gasteiger partial charge is 0.123 e. The Morgan fingerprint density at radius 2 is 2.00 bits per heavy atom. The first-order valence-electron chi connectivity index (χ1n) is 5.97. The van der Waals surface area contributed by atoms with Gasteiger partial charge >= 0.3 is 0 Å². The quantitative estimate of drug-likeness (QED) is 0.723. The van der Waals surface area contributed by atoms with Crippen molar-refractivity contribution in [3.63, 3.8) is 0 Å². The Labute approximate surface area is 110 Å². The van der Waals surface area contributed by atoms with E-state index in [9.17, 15) is 0 Å². The van der Waals surface area contributed by atoms with Gasteiger partial charge in [-0.05, 0) is 51.1 Å². The maximum absolute atomic E-state index is 5.71. The van der Waals surface area contributed by atoms with Gasteiger partial charge in [0.05, 0.1) is 7.11 Å². The van der Waals surface area contributed by atoms with Gasteiger partial charge in [0, 0.05) is 18.0 Å². The topological polar surface area (TPSA) is 12.5 Å². The summed E-state index contributed by atoms with van der Waals surface area (Å²) in [5.74, 6) is 1.70. The van der Waals surface area contributed by atoms with Gasteiger partial charge in [-0.3, -0.25) is 0 Å². The highest BCUT2D eigenvalue weighted by Crippen LogP contribution is 2.25. The fourth-order valence-corrected chi connectivity index (χ4v) is 2.14. The van der Waals surface area contributed by atoms with Crippen LogP contribution >= 0.6 is 11.6 Å². The predicted octanol–water partition coefficient (Wildman–Crippen LogP) is 3.37. The van der Waals surface area contributed by atoms with Crippen LogP contribution in [-0.4, -0.2) is 31.5 Å². The zero-order chi connectivity index (χ0) is 12.8. The summed E-state index contributed by atoms with van der Waals surface area (Å²) in [4.78, 5) is 2.28. The molecule has 1 aromatic rings. The normalized spacial score (nSPS) is 10.9. The van der Waals surface area contributed by atoms with Crippen molar-refractivity contribution in [2.75, 3.05) is 26.6 Å². The molecule has 0 unspecified atom stereocenters. The maximum atomic E-state index is 5.71. The predicted molar refractivity (Wildman–Crippen MR) is 74.1 cm³/mol. The number of nitrogens with zero attached hydrogens (tertiary/aromatic N) is 1. The molecule has 0 atom stereocenters. The molecule has 0 heterocycles. The van der Waals surface area contributed by atoms with Crippen LogP contribution in [0.1, 0.15) is 23.1 Å². The molecule has 0 fully saturated rings. The van der Waals surface area contributed by atoms with E-state index in [4.69, 9.17) is 16.3 Å². The van der Waals surface area contributed by atoms with Crippen LogP contribution in [-0.2, 0) is 6.54 Å². The number of rotatable bonds is 6. The number of aryl methyl sites for hydroxylation is 2. The Hall–Kier alpha value is -0.730. The van der Waals surface area contributed by atoms with Gasteiger partial charge < -0.3 is 9.64 Å². The molecular formula is C14H22ClNO. The van der Waals surface area contributed by atoms with Gasteiger partial charge in [0.2, 0.25) is 0 Å². The van der Waals surface area contributed by atoms with Crippen molar-refractivity contribution in [2.45, 2.75) is 26.8 Å². The Kier molecular flexibility index (Phi) is 5.79. The number of alkyl halides is 1. The van der Waals surface area contributed by atoms with Crippen molar-refractivity contribution in [3.8, 4) is 5.75 Å². The molecule has 0 N–H and O–H groups in total. The summed E-state index contributed by atoms with van der Waals surface area (Å²) in [6, 6.07) is 4.30. The molecule has 0 spiro atoms. The first kappa shape index (κ1) is 14.3. The van der Waals surface area contributed by atoms with E-state index in [2.05, 4.69) is 37.9 Å². The van der Waals surface area contributed by atoms with Gasteiger partial charge in [0.1, 0.15) is 5.75 Å². The fraction of sp³-hybridized carbons (Fsp3) is 0.571. The number of benzene rings is 1. The van der Waals surface area contributed by atoms with E-state index in [-0.39, 0.29) is 0 Å². The lowest BCUT2D eigenvalue weighted by molar-refractivity contribution is 0.317. The summed E-state index contributed by atoms with van der Waals surface area (Å²) in [6.07, 6.45) is 1.02. The third-order valence-electron chi connectivity index (χ3n) is 2.90. The van der Waals surface area contributed by atoms with E-state index in [0.717, 1.165) is 25.3 Å². The summed E-state index contributed by atoms with van der Waals surface area (Å²) in [6.45, 7) is 6.16. The van der Waals surface area contributed by atoms with Crippen LogP contribution in [0, 0.1) is 13.8 Å². The van der Waals surface area contributed by atoms with Crippen molar-refractivity contribution < 1.29 is 4.74 Å². The van der Waals surface area contributed by atoms with Crippen LogP contribution in [0.4, 0.5) is 0 Å². The second kappa shape index (κ2) is 6.87. The minimum Gasteiger partial charge on any atom is -0.496 e. The van der Waals surface area contributed by atoms with Gasteiger partial charge in [-0.2, -0.15) is 0 Å². The molecule has 96 valence electrons. The van der Waals surface area contributed by atoms with Crippen molar-refractivity contribution in [1.29, 1.82) is 0 Å². The van der Waals surface area contributed by atoms with Gasteiger partial charge in [0.15, 0.2) is 0 Å². The summed E-state index contributed by atoms with van der Waals surface area (Å²) >= 11 is 5.71. The van der Waals surface area contributed by atoms with Gasteiger partial charge in [-0.15, -0.1) is 11.6 Å². The Morgan fingerprint density at radius 1 is 1.29 bits per heavy atom. The highest BCUT2D eigenvalue weighted by molar-refractivity contribution is 6.17. The molecule has 0 aliphatic heterocycles. The number of halogens is 1. The highest BCUT2D eigenvalue weighted by Gasteiger charge is 2.10. The number of hydrogen-bond acceptors (Lipinski definition) is 2. The van der Waals surface area contributed by atoms with Gasteiger partial charge in [0.25, 0.3) is 0 Å². The standard InChI is InChI=1S/C14H22ClNO/c1-11-8-12(2)13(14(9-11)17-4)10-16(3)7-5-6-15/h8-9H,5-7,10H2,1-4H3. The van der Waals surface area contributed by atoms with Crippen LogP contribution in [0.25, 0.3) is 0 Å². The van der Waals surface area contributed by atoms with E-state index in [1.54, 1.807) is 7.11 Å². The van der Waals surface area contributed by atoms with E-state index in [1.807, 2.05) is 0 Å². The number of ether oxygens (including phenoxy) is 1. The van der Waals surface area contributed by atoms with E-state index < -0.39 is 0 Å². The lowest BCUT2D eigenvalue weighted by Gasteiger charge is -2.20. The van der Waals surface area contributed by atoms with Crippen LogP contribution in [0.2, 0.25) is 0 Å². The summed E-state index contributed by atoms with van der Waals surface area (Å²) in [5, 5.41) is 0. The third-order valence-corrected chi connectivity index (χ3v) is 3.17. The lowest BCUT2D eigenvalue weighted by atomic mass is 10.0. The highest BCUT2D eigenvalue weighted by atomic mass is 35.5. The zero-order valence-electron chi connectivity index (χ0n) is 11.2. The SMILES string of the molecule is COc1cc(C)cc(C)c1CN(C)CCCCl. The molecule has 1 rings (SSSR count). The van der Waals surface area contributed by atoms with E-state index in [0.29, 0.717) is 5.88 Å². The molecule has 0 saturated carbocycles. The Bertz CT molecular complexity index is 365. The third kappa shape index (κ3) is 4.21. The van der Waals surface area contributed by atoms with Crippen molar-refractivity contribution in [3.05, 3.63) is 28.8 Å². The van der Waals surface area contributed by atoms with Gasteiger partial charge in [-0.25, -0.2) is 0 Å². The van der Waals surface area contributed by atoms with Crippen LogP contribution in [0.15, 0.2) is 12.1 Å². The molecule has 0 radical (unpaired) electrons. The van der Waals surface area contributed by atoms with Crippen LogP contribution in [0.5, 0.6) is 5.75 Å². The lowest BCUT2D eigenvalue weighted by Crippen LogP contribution is -2.20. The first-order valence-corrected chi connectivity index (χ1v) is 6.50. The Balaban J connectivity index is 2.82. The van der Waals surface area contributed by atoms with E-state index in [1.165, 1.54) is 16.7 Å². The van der Waals surface area contributed by atoms with Crippen LogP contribution in [0.3, 0.4) is 0 Å².